The summed E-state index contributed by atoms with van der Waals surface area (Å²) in [6.45, 7) is 3.07. The molecule has 5 nitrogen and oxygen atoms in total. The van der Waals surface area contributed by atoms with E-state index in [9.17, 15) is 4.79 Å². The zero-order valence-corrected chi connectivity index (χ0v) is 21.4. The van der Waals surface area contributed by atoms with Gasteiger partial charge in [0.25, 0.3) is 5.91 Å². The molecule has 1 amide bonds. The molecule has 5 rings (SSSR count). The van der Waals surface area contributed by atoms with Gasteiger partial charge in [0.1, 0.15) is 5.75 Å². The van der Waals surface area contributed by atoms with Gasteiger partial charge in [-0.15, -0.1) is 0 Å². The van der Waals surface area contributed by atoms with Crippen molar-refractivity contribution in [2.24, 2.45) is 0 Å². The highest BCUT2D eigenvalue weighted by Gasteiger charge is 2.27. The number of hydrogen-bond donors (Lipinski definition) is 0. The number of ether oxygens (including phenoxy) is 2. The first-order chi connectivity index (χ1) is 18.2. The highest BCUT2D eigenvalue weighted by molar-refractivity contribution is 5.94. The lowest BCUT2D eigenvalue weighted by Crippen LogP contribution is -2.50. The fraction of sp³-hybridized carbons (Fsp3) is 0.281. The van der Waals surface area contributed by atoms with Crippen molar-refractivity contribution < 1.29 is 14.3 Å². The number of rotatable bonds is 7. The zero-order valence-electron chi connectivity index (χ0n) is 21.4. The second-order valence-electron chi connectivity index (χ2n) is 9.58. The molecule has 1 saturated heterocycles. The summed E-state index contributed by atoms with van der Waals surface area (Å²) in [7, 11) is 1.63. The Morgan fingerprint density at radius 2 is 1.68 bits per heavy atom. The number of nitrogens with zero attached hydrogens (tertiary/aromatic N) is 2. The van der Waals surface area contributed by atoms with Crippen molar-refractivity contribution in [3.63, 3.8) is 0 Å². The summed E-state index contributed by atoms with van der Waals surface area (Å²) in [4.78, 5) is 17.9. The van der Waals surface area contributed by atoms with Gasteiger partial charge in [0.05, 0.1) is 20.4 Å². The van der Waals surface area contributed by atoms with Crippen LogP contribution in [0, 0.1) is 0 Å². The van der Waals surface area contributed by atoms with Crippen molar-refractivity contribution in [3.8, 4) is 5.75 Å². The molecule has 37 heavy (non-hydrogen) atoms. The Bertz CT molecular complexity index is 1300. The minimum Gasteiger partial charge on any atom is -0.497 e. The van der Waals surface area contributed by atoms with E-state index in [-0.39, 0.29) is 11.9 Å². The molecule has 1 aliphatic heterocycles. The summed E-state index contributed by atoms with van der Waals surface area (Å²) in [6.07, 6.45) is 1.88. The molecule has 0 aromatic heterocycles. The molecule has 0 spiro atoms. The number of carbonyl (C=O) groups is 1. The molecule has 0 radical (unpaired) electrons. The van der Waals surface area contributed by atoms with Crippen LogP contribution in [0.25, 0.3) is 10.8 Å². The summed E-state index contributed by atoms with van der Waals surface area (Å²) >= 11 is 0. The predicted octanol–water partition coefficient (Wildman–Crippen LogP) is 5.78. The van der Waals surface area contributed by atoms with Crippen molar-refractivity contribution in [2.75, 3.05) is 33.5 Å². The van der Waals surface area contributed by atoms with E-state index in [0.29, 0.717) is 32.0 Å². The largest absolute Gasteiger partial charge is 0.497 e. The lowest BCUT2D eigenvalue weighted by molar-refractivity contribution is -0.0360. The maximum atomic E-state index is 13.5. The lowest BCUT2D eigenvalue weighted by atomic mass is 10.0. The van der Waals surface area contributed by atoms with Crippen LogP contribution in [0.5, 0.6) is 5.75 Å². The molecule has 4 aromatic rings. The lowest BCUT2D eigenvalue weighted by Gasteiger charge is -2.38. The SMILES string of the molecule is COc1ccc(C(=O)N2CCOCN(Cc3cccc4ccccc34)[C@@H](CCc3ccccc3)C2)cc1. The standard InChI is InChI=1S/C32H34N2O3/c1-36-30-18-15-27(16-19-30)32(35)33-20-21-37-24-34(29(23-33)17-14-25-8-3-2-4-9-25)22-28-12-7-11-26-10-5-6-13-31(26)28/h2-13,15-16,18-19,29H,14,17,20-24H2,1H3/t29-/m0/s1. The highest BCUT2D eigenvalue weighted by Crippen LogP contribution is 2.24. The van der Waals surface area contributed by atoms with Crippen molar-refractivity contribution in [3.05, 3.63) is 114 Å². The van der Waals surface area contributed by atoms with E-state index in [1.807, 2.05) is 29.2 Å². The average Bonchev–Trinajstić information content (AvgIpc) is 2.95. The molecule has 0 saturated carbocycles. The van der Waals surface area contributed by atoms with Crippen molar-refractivity contribution >= 4 is 16.7 Å². The average molecular weight is 495 g/mol. The van der Waals surface area contributed by atoms with Gasteiger partial charge in [-0.2, -0.15) is 0 Å². The normalized spacial score (nSPS) is 16.8. The highest BCUT2D eigenvalue weighted by atomic mass is 16.5. The van der Waals surface area contributed by atoms with Crippen LogP contribution in [0.3, 0.4) is 0 Å². The van der Waals surface area contributed by atoms with Gasteiger partial charge in [-0.05, 0) is 59.0 Å². The Balaban J connectivity index is 1.40. The smallest absolute Gasteiger partial charge is 0.253 e. The Morgan fingerprint density at radius 3 is 2.49 bits per heavy atom. The van der Waals surface area contributed by atoms with E-state index in [0.717, 1.165) is 25.1 Å². The minimum absolute atomic E-state index is 0.0305. The molecule has 5 heteroatoms. The van der Waals surface area contributed by atoms with Crippen molar-refractivity contribution in [2.45, 2.75) is 25.4 Å². The fourth-order valence-electron chi connectivity index (χ4n) is 5.10. The number of benzene rings is 4. The number of hydrogen-bond acceptors (Lipinski definition) is 4. The molecular formula is C32H34N2O3. The Hall–Kier alpha value is -3.67. The molecular weight excluding hydrogens is 460 g/mol. The first-order valence-electron chi connectivity index (χ1n) is 13.0. The molecule has 1 aliphatic rings. The van der Waals surface area contributed by atoms with Gasteiger partial charge in [0, 0.05) is 31.2 Å². The molecule has 1 heterocycles. The third-order valence-corrected chi connectivity index (χ3v) is 7.20. The van der Waals surface area contributed by atoms with E-state index in [4.69, 9.17) is 9.47 Å². The van der Waals surface area contributed by atoms with Gasteiger partial charge in [-0.1, -0.05) is 72.8 Å². The van der Waals surface area contributed by atoms with Crippen LogP contribution in [-0.4, -0.2) is 55.3 Å². The third kappa shape index (κ3) is 6.19. The van der Waals surface area contributed by atoms with Gasteiger partial charge < -0.3 is 14.4 Å². The maximum absolute atomic E-state index is 13.5. The molecule has 1 fully saturated rings. The van der Waals surface area contributed by atoms with Crippen LogP contribution in [-0.2, 0) is 17.7 Å². The van der Waals surface area contributed by atoms with Crippen LogP contribution in [0.1, 0.15) is 27.9 Å². The molecule has 0 bridgehead atoms. The summed E-state index contributed by atoms with van der Waals surface area (Å²) < 4.78 is 11.4. The van der Waals surface area contributed by atoms with Crippen molar-refractivity contribution in [1.82, 2.24) is 9.80 Å². The second-order valence-corrected chi connectivity index (χ2v) is 9.58. The number of carbonyl (C=O) groups excluding carboxylic acids is 1. The Labute approximate surface area is 219 Å². The van der Waals surface area contributed by atoms with E-state index < -0.39 is 0 Å². The van der Waals surface area contributed by atoms with E-state index in [1.165, 1.54) is 21.9 Å². The zero-order chi connectivity index (χ0) is 25.5. The van der Waals surface area contributed by atoms with Gasteiger partial charge in [-0.3, -0.25) is 9.69 Å². The summed E-state index contributed by atoms with van der Waals surface area (Å²) in [5, 5.41) is 2.50. The molecule has 0 unspecified atom stereocenters. The van der Waals surface area contributed by atoms with E-state index in [1.54, 1.807) is 7.11 Å². The predicted molar refractivity (Wildman–Crippen MR) is 148 cm³/mol. The third-order valence-electron chi connectivity index (χ3n) is 7.20. The van der Waals surface area contributed by atoms with Crippen LogP contribution in [0.15, 0.2) is 97.1 Å². The summed E-state index contributed by atoms with van der Waals surface area (Å²) in [5.74, 6) is 0.775. The fourth-order valence-corrected chi connectivity index (χ4v) is 5.10. The molecule has 0 aliphatic carbocycles. The first-order valence-corrected chi connectivity index (χ1v) is 13.0. The van der Waals surface area contributed by atoms with Crippen molar-refractivity contribution in [1.29, 1.82) is 0 Å². The first kappa shape index (κ1) is 25.0. The maximum Gasteiger partial charge on any atom is 0.253 e. The topological polar surface area (TPSA) is 42.0 Å². The van der Waals surface area contributed by atoms with E-state index in [2.05, 4.69) is 77.7 Å². The van der Waals surface area contributed by atoms with Crippen LogP contribution < -0.4 is 4.74 Å². The van der Waals surface area contributed by atoms with Crippen LogP contribution >= 0.6 is 0 Å². The number of methoxy groups -OCH3 is 1. The Morgan fingerprint density at radius 1 is 0.919 bits per heavy atom. The van der Waals surface area contributed by atoms with Gasteiger partial charge in [-0.25, -0.2) is 0 Å². The monoisotopic (exact) mass is 494 g/mol. The van der Waals surface area contributed by atoms with Crippen LogP contribution in [0.2, 0.25) is 0 Å². The molecule has 0 N–H and O–H groups in total. The minimum atomic E-state index is 0.0305. The molecule has 4 aromatic carbocycles. The summed E-state index contributed by atoms with van der Waals surface area (Å²) in [6, 6.07) is 33.1. The van der Waals surface area contributed by atoms with Gasteiger partial charge in [0.2, 0.25) is 0 Å². The second kappa shape index (κ2) is 12.0. The van der Waals surface area contributed by atoms with Crippen LogP contribution in [0.4, 0.5) is 0 Å². The Kier molecular flexibility index (Phi) is 8.14. The number of amides is 1. The van der Waals surface area contributed by atoms with E-state index >= 15 is 0 Å². The van der Waals surface area contributed by atoms with Gasteiger partial charge in [0.15, 0.2) is 0 Å². The number of fused-ring (bicyclic) bond motifs is 1. The number of aryl methyl sites for hydroxylation is 1. The quantitative estimate of drug-likeness (QED) is 0.327. The summed E-state index contributed by atoms with van der Waals surface area (Å²) in [5.41, 5.74) is 3.26. The molecule has 1 atom stereocenters. The van der Waals surface area contributed by atoms with Gasteiger partial charge >= 0.3 is 0 Å². The molecule has 190 valence electrons.